The lowest BCUT2D eigenvalue weighted by Crippen LogP contribution is -2.25. The van der Waals surface area contributed by atoms with Gasteiger partial charge in [0.2, 0.25) is 0 Å². The molecule has 0 fully saturated rings. The molecule has 0 amide bonds. The predicted octanol–water partition coefficient (Wildman–Crippen LogP) is 5.14. The summed E-state index contributed by atoms with van der Waals surface area (Å²) in [6.07, 6.45) is 1.02. The molecule has 0 spiro atoms. The Morgan fingerprint density at radius 1 is 1.14 bits per heavy atom. The van der Waals surface area contributed by atoms with Crippen LogP contribution in [-0.4, -0.2) is 6.54 Å². The second-order valence-corrected chi connectivity index (χ2v) is 6.47. The van der Waals surface area contributed by atoms with Crippen molar-refractivity contribution in [1.29, 1.82) is 0 Å². The molecule has 0 saturated carbocycles. The van der Waals surface area contributed by atoms with Crippen LogP contribution in [0.25, 0.3) is 0 Å². The lowest BCUT2D eigenvalue weighted by molar-refractivity contribution is 0.545. The largest absolute Gasteiger partial charge is 0.306 e. The van der Waals surface area contributed by atoms with Gasteiger partial charge in [0, 0.05) is 9.13 Å². The van der Waals surface area contributed by atoms with Crippen LogP contribution >= 0.6 is 22.6 Å². The number of hydrogen-bond donors (Lipinski definition) is 1. The van der Waals surface area contributed by atoms with E-state index in [4.69, 9.17) is 0 Å². The van der Waals surface area contributed by atoms with Crippen LogP contribution in [0.2, 0.25) is 0 Å². The van der Waals surface area contributed by atoms with Crippen LogP contribution in [0, 0.1) is 23.2 Å². The summed E-state index contributed by atoms with van der Waals surface area (Å²) in [4.78, 5) is 0. The molecule has 1 nitrogen and oxygen atoms in total. The first-order valence-electron chi connectivity index (χ1n) is 7.29. The van der Waals surface area contributed by atoms with Gasteiger partial charge >= 0.3 is 0 Å². The van der Waals surface area contributed by atoms with Gasteiger partial charge in [-0.15, -0.1) is 0 Å². The van der Waals surface area contributed by atoms with Crippen LogP contribution in [0.1, 0.15) is 41.6 Å². The van der Waals surface area contributed by atoms with Gasteiger partial charge in [-0.1, -0.05) is 42.8 Å². The highest BCUT2D eigenvalue weighted by molar-refractivity contribution is 14.1. The maximum absolute atomic E-state index is 14.3. The van der Waals surface area contributed by atoms with Crippen LogP contribution < -0.4 is 5.32 Å². The van der Waals surface area contributed by atoms with E-state index >= 15 is 0 Å². The standard InChI is InChI=1S/C18H21FIN/c1-4-10-21-18(14-7-5-6-13(3)17(14)20)15-11-12(2)8-9-16(15)19/h5-9,11,18,21H,4,10H2,1-3H3. The molecule has 0 aliphatic rings. The van der Waals surface area contributed by atoms with Crippen molar-refractivity contribution in [3.63, 3.8) is 0 Å². The number of aryl methyl sites for hydroxylation is 2. The molecule has 0 aliphatic heterocycles. The zero-order valence-corrected chi connectivity index (χ0v) is 14.9. The molecule has 1 atom stereocenters. The molecule has 1 unspecified atom stereocenters. The molecule has 0 aromatic heterocycles. The number of hydrogen-bond acceptors (Lipinski definition) is 1. The summed E-state index contributed by atoms with van der Waals surface area (Å²) in [5, 5.41) is 3.49. The Morgan fingerprint density at radius 2 is 1.90 bits per heavy atom. The van der Waals surface area contributed by atoms with Gasteiger partial charge in [0.1, 0.15) is 5.82 Å². The smallest absolute Gasteiger partial charge is 0.128 e. The van der Waals surface area contributed by atoms with Crippen LogP contribution in [-0.2, 0) is 0 Å². The van der Waals surface area contributed by atoms with E-state index in [9.17, 15) is 4.39 Å². The second-order valence-electron chi connectivity index (χ2n) is 5.39. The molecule has 2 rings (SSSR count). The van der Waals surface area contributed by atoms with Crippen molar-refractivity contribution in [3.05, 3.63) is 68.0 Å². The van der Waals surface area contributed by atoms with Gasteiger partial charge in [0.25, 0.3) is 0 Å². The maximum atomic E-state index is 14.3. The van der Waals surface area contributed by atoms with Gasteiger partial charge in [-0.2, -0.15) is 0 Å². The minimum atomic E-state index is -0.147. The minimum absolute atomic E-state index is 0.100. The molecule has 0 heterocycles. The number of benzene rings is 2. The van der Waals surface area contributed by atoms with E-state index in [1.165, 1.54) is 9.13 Å². The van der Waals surface area contributed by atoms with Crippen LogP contribution in [0.3, 0.4) is 0 Å². The number of nitrogens with one attached hydrogen (secondary N) is 1. The molecular weight excluding hydrogens is 376 g/mol. The van der Waals surface area contributed by atoms with Crippen LogP contribution in [0.15, 0.2) is 36.4 Å². The predicted molar refractivity (Wildman–Crippen MR) is 95.2 cm³/mol. The first-order chi connectivity index (χ1) is 10.0. The summed E-state index contributed by atoms with van der Waals surface area (Å²) in [5.41, 5.74) is 4.18. The molecule has 0 aliphatic carbocycles. The van der Waals surface area contributed by atoms with Crippen molar-refractivity contribution >= 4 is 22.6 Å². The Balaban J connectivity index is 2.52. The molecular formula is C18H21FIN. The zero-order valence-electron chi connectivity index (χ0n) is 12.7. The maximum Gasteiger partial charge on any atom is 0.128 e. The van der Waals surface area contributed by atoms with Crippen molar-refractivity contribution in [2.45, 2.75) is 33.2 Å². The lowest BCUT2D eigenvalue weighted by atomic mass is 9.95. The normalized spacial score (nSPS) is 12.4. The third kappa shape index (κ3) is 3.83. The zero-order chi connectivity index (χ0) is 15.4. The van der Waals surface area contributed by atoms with Crippen molar-refractivity contribution in [2.75, 3.05) is 6.54 Å². The Hall–Kier alpha value is -0.940. The summed E-state index contributed by atoms with van der Waals surface area (Å²) in [6, 6.07) is 11.4. The van der Waals surface area contributed by atoms with E-state index in [-0.39, 0.29) is 11.9 Å². The summed E-state index contributed by atoms with van der Waals surface area (Å²) < 4.78 is 15.5. The van der Waals surface area contributed by atoms with Crippen LogP contribution in [0.4, 0.5) is 4.39 Å². The third-order valence-corrected chi connectivity index (χ3v) is 5.07. The average molecular weight is 397 g/mol. The summed E-state index contributed by atoms with van der Waals surface area (Å²) in [5.74, 6) is -0.147. The van der Waals surface area contributed by atoms with E-state index in [1.54, 1.807) is 6.07 Å². The highest BCUT2D eigenvalue weighted by Crippen LogP contribution is 2.30. The summed E-state index contributed by atoms with van der Waals surface area (Å²) in [7, 11) is 0. The van der Waals surface area contributed by atoms with Crippen molar-refractivity contribution in [3.8, 4) is 0 Å². The second kappa shape index (κ2) is 7.36. The van der Waals surface area contributed by atoms with Gasteiger partial charge < -0.3 is 5.32 Å². The topological polar surface area (TPSA) is 12.0 Å². The monoisotopic (exact) mass is 397 g/mol. The minimum Gasteiger partial charge on any atom is -0.306 e. The molecule has 112 valence electrons. The van der Waals surface area contributed by atoms with E-state index in [0.717, 1.165) is 29.7 Å². The van der Waals surface area contributed by atoms with Gasteiger partial charge in [0.05, 0.1) is 6.04 Å². The summed E-state index contributed by atoms with van der Waals surface area (Å²) >= 11 is 2.36. The molecule has 0 saturated heterocycles. The average Bonchev–Trinajstić information content (AvgIpc) is 2.47. The first-order valence-corrected chi connectivity index (χ1v) is 8.37. The lowest BCUT2D eigenvalue weighted by Gasteiger charge is -2.22. The van der Waals surface area contributed by atoms with Gasteiger partial charge in [-0.05, 0) is 66.6 Å². The Kier molecular flexibility index (Phi) is 5.76. The fourth-order valence-electron chi connectivity index (χ4n) is 2.45. The van der Waals surface area contributed by atoms with E-state index < -0.39 is 0 Å². The molecule has 3 heteroatoms. The van der Waals surface area contributed by atoms with Gasteiger partial charge in [0.15, 0.2) is 0 Å². The first kappa shape index (κ1) is 16.4. The molecule has 0 bridgehead atoms. The Labute approximate surface area is 140 Å². The molecule has 1 N–H and O–H groups in total. The fraction of sp³-hybridized carbons (Fsp3) is 0.333. The van der Waals surface area contributed by atoms with Crippen LogP contribution in [0.5, 0.6) is 0 Å². The van der Waals surface area contributed by atoms with E-state index in [2.05, 4.69) is 53.9 Å². The van der Waals surface area contributed by atoms with E-state index in [1.807, 2.05) is 25.1 Å². The highest BCUT2D eigenvalue weighted by Gasteiger charge is 2.20. The molecule has 0 radical (unpaired) electrons. The molecule has 21 heavy (non-hydrogen) atoms. The fourth-order valence-corrected chi connectivity index (χ4v) is 3.12. The van der Waals surface area contributed by atoms with Gasteiger partial charge in [-0.25, -0.2) is 4.39 Å². The summed E-state index contributed by atoms with van der Waals surface area (Å²) in [6.45, 7) is 7.08. The number of halogens is 2. The Bertz CT molecular complexity index is 623. The van der Waals surface area contributed by atoms with Gasteiger partial charge in [-0.3, -0.25) is 0 Å². The third-order valence-electron chi connectivity index (χ3n) is 3.59. The number of rotatable bonds is 5. The van der Waals surface area contributed by atoms with Crippen molar-refractivity contribution in [1.82, 2.24) is 5.32 Å². The van der Waals surface area contributed by atoms with Crippen molar-refractivity contribution in [2.24, 2.45) is 0 Å². The highest BCUT2D eigenvalue weighted by atomic mass is 127. The molecule has 2 aromatic rings. The Morgan fingerprint density at radius 3 is 2.62 bits per heavy atom. The SMILES string of the molecule is CCCNC(c1cc(C)ccc1F)c1cccc(C)c1I. The van der Waals surface area contributed by atoms with E-state index in [0.29, 0.717) is 0 Å². The van der Waals surface area contributed by atoms with Crippen molar-refractivity contribution < 1.29 is 4.39 Å². The quantitative estimate of drug-likeness (QED) is 0.690. The molecule has 2 aromatic carbocycles.